The molecule has 2 aromatic carbocycles. The number of imide groups is 2. The summed E-state index contributed by atoms with van der Waals surface area (Å²) in [5, 5.41) is 2.15. The van der Waals surface area contributed by atoms with Crippen LogP contribution in [0.3, 0.4) is 0 Å². The molecule has 1 saturated heterocycles. The Hall–Kier alpha value is -3.35. The summed E-state index contributed by atoms with van der Waals surface area (Å²) in [6.45, 7) is 1.90. The van der Waals surface area contributed by atoms with Crippen molar-refractivity contribution < 1.29 is 18.8 Å². The van der Waals surface area contributed by atoms with Crippen LogP contribution in [0.25, 0.3) is 0 Å². The fraction of sp³-hybridized carbons (Fsp3) is 0.238. The quantitative estimate of drug-likeness (QED) is 0.617. The average Bonchev–Trinajstić information content (AvgIpc) is 2.68. The maximum absolute atomic E-state index is 13.1. The SMILES string of the molecule is C[C@H](CCc1ccccc1)N=CC1C(=O)NC(=O)N(c2ccc(F)cc2)C1=O. The Balaban J connectivity index is 1.68. The van der Waals surface area contributed by atoms with Gasteiger partial charge in [0, 0.05) is 12.3 Å². The van der Waals surface area contributed by atoms with Crippen LogP contribution < -0.4 is 10.2 Å². The van der Waals surface area contributed by atoms with Crippen molar-refractivity contribution >= 4 is 29.7 Å². The molecule has 1 N–H and O–H groups in total. The molecule has 0 radical (unpaired) electrons. The van der Waals surface area contributed by atoms with E-state index in [2.05, 4.69) is 10.3 Å². The fourth-order valence-corrected chi connectivity index (χ4v) is 2.88. The Labute approximate surface area is 162 Å². The number of anilines is 1. The van der Waals surface area contributed by atoms with Gasteiger partial charge in [-0.15, -0.1) is 0 Å². The highest BCUT2D eigenvalue weighted by molar-refractivity contribution is 6.32. The third-order valence-corrected chi connectivity index (χ3v) is 4.47. The number of carbonyl (C=O) groups is 3. The number of hydrogen-bond donors (Lipinski definition) is 1. The van der Waals surface area contributed by atoms with Crippen LogP contribution in [0.1, 0.15) is 18.9 Å². The largest absolute Gasteiger partial charge is 0.335 e. The van der Waals surface area contributed by atoms with Gasteiger partial charge >= 0.3 is 6.03 Å². The molecule has 1 aliphatic heterocycles. The van der Waals surface area contributed by atoms with Crippen LogP contribution in [-0.4, -0.2) is 30.1 Å². The predicted octanol–water partition coefficient (Wildman–Crippen LogP) is 3.12. The lowest BCUT2D eigenvalue weighted by atomic mass is 10.0. The van der Waals surface area contributed by atoms with E-state index in [9.17, 15) is 18.8 Å². The van der Waals surface area contributed by atoms with Crippen molar-refractivity contribution in [3.05, 3.63) is 66.0 Å². The first kappa shape index (κ1) is 19.4. The van der Waals surface area contributed by atoms with E-state index in [0.29, 0.717) is 0 Å². The molecule has 7 heteroatoms. The van der Waals surface area contributed by atoms with Gasteiger partial charge < -0.3 is 0 Å². The van der Waals surface area contributed by atoms with Crippen LogP contribution in [0, 0.1) is 11.7 Å². The summed E-state index contributed by atoms with van der Waals surface area (Å²) >= 11 is 0. The third kappa shape index (κ3) is 4.49. The van der Waals surface area contributed by atoms with Crippen molar-refractivity contribution in [1.29, 1.82) is 0 Å². The lowest BCUT2D eigenvalue weighted by Gasteiger charge is -2.28. The molecule has 1 unspecified atom stereocenters. The minimum atomic E-state index is -1.21. The number of halogens is 1. The van der Waals surface area contributed by atoms with Gasteiger partial charge in [0.1, 0.15) is 5.82 Å². The van der Waals surface area contributed by atoms with Gasteiger partial charge in [0.2, 0.25) is 5.91 Å². The molecule has 0 aliphatic carbocycles. The van der Waals surface area contributed by atoms with Crippen LogP contribution in [0.2, 0.25) is 0 Å². The minimum Gasteiger partial charge on any atom is -0.293 e. The summed E-state index contributed by atoms with van der Waals surface area (Å²) in [5.74, 6) is -3.12. The molecular weight excluding hydrogens is 361 g/mol. The summed E-state index contributed by atoms with van der Waals surface area (Å²) in [6.07, 6.45) is 2.87. The van der Waals surface area contributed by atoms with E-state index >= 15 is 0 Å². The highest BCUT2D eigenvalue weighted by Gasteiger charge is 2.40. The first-order valence-electron chi connectivity index (χ1n) is 8.97. The predicted molar refractivity (Wildman–Crippen MR) is 104 cm³/mol. The van der Waals surface area contributed by atoms with Gasteiger partial charge in [-0.2, -0.15) is 0 Å². The van der Waals surface area contributed by atoms with Gasteiger partial charge in [-0.3, -0.25) is 19.9 Å². The normalized spacial score (nSPS) is 18.4. The van der Waals surface area contributed by atoms with Gasteiger partial charge in [-0.1, -0.05) is 30.3 Å². The zero-order chi connectivity index (χ0) is 20.1. The van der Waals surface area contributed by atoms with Crippen molar-refractivity contribution in [2.75, 3.05) is 4.90 Å². The van der Waals surface area contributed by atoms with Crippen molar-refractivity contribution in [3.63, 3.8) is 0 Å². The number of urea groups is 1. The Kier molecular flexibility index (Phi) is 5.93. The molecule has 144 valence electrons. The Morgan fingerprint density at radius 3 is 2.46 bits per heavy atom. The van der Waals surface area contributed by atoms with Crippen LogP contribution >= 0.6 is 0 Å². The summed E-state index contributed by atoms with van der Waals surface area (Å²) in [5.41, 5.74) is 1.37. The van der Waals surface area contributed by atoms with Crippen molar-refractivity contribution in [1.82, 2.24) is 5.32 Å². The highest BCUT2D eigenvalue weighted by atomic mass is 19.1. The molecule has 4 amide bonds. The summed E-state index contributed by atoms with van der Waals surface area (Å²) < 4.78 is 13.1. The Morgan fingerprint density at radius 1 is 1.11 bits per heavy atom. The second-order valence-electron chi connectivity index (χ2n) is 6.59. The zero-order valence-electron chi connectivity index (χ0n) is 15.3. The molecule has 2 atom stereocenters. The van der Waals surface area contributed by atoms with Gasteiger partial charge in [-0.25, -0.2) is 14.1 Å². The number of carbonyl (C=O) groups excluding carboxylic acids is 3. The maximum atomic E-state index is 13.1. The van der Waals surface area contributed by atoms with E-state index in [1.807, 2.05) is 37.3 Å². The first-order chi connectivity index (χ1) is 13.5. The molecule has 28 heavy (non-hydrogen) atoms. The van der Waals surface area contributed by atoms with E-state index in [1.54, 1.807) is 0 Å². The van der Waals surface area contributed by atoms with Gasteiger partial charge in [0.25, 0.3) is 5.91 Å². The summed E-state index contributed by atoms with van der Waals surface area (Å²) in [6, 6.07) is 13.9. The minimum absolute atomic E-state index is 0.0993. The molecular formula is C21H20FN3O3. The van der Waals surface area contributed by atoms with Gasteiger partial charge in [0.05, 0.1) is 5.69 Å². The second-order valence-corrected chi connectivity index (χ2v) is 6.59. The molecule has 1 fully saturated rings. The Bertz CT molecular complexity index is 897. The molecule has 6 nitrogen and oxygen atoms in total. The van der Waals surface area contributed by atoms with Crippen LogP contribution in [0.15, 0.2) is 59.6 Å². The van der Waals surface area contributed by atoms with Crippen LogP contribution in [-0.2, 0) is 16.0 Å². The molecule has 2 aromatic rings. The highest BCUT2D eigenvalue weighted by Crippen LogP contribution is 2.20. The lowest BCUT2D eigenvalue weighted by Crippen LogP contribution is -2.58. The van der Waals surface area contributed by atoms with Crippen molar-refractivity contribution in [3.8, 4) is 0 Å². The van der Waals surface area contributed by atoms with E-state index < -0.39 is 29.6 Å². The monoisotopic (exact) mass is 381 g/mol. The number of nitrogens with one attached hydrogen (secondary N) is 1. The Morgan fingerprint density at radius 2 is 1.79 bits per heavy atom. The smallest absolute Gasteiger partial charge is 0.293 e. The molecule has 1 heterocycles. The number of benzene rings is 2. The maximum Gasteiger partial charge on any atom is 0.335 e. The number of rotatable bonds is 6. The number of hydrogen-bond acceptors (Lipinski definition) is 4. The summed E-state index contributed by atoms with van der Waals surface area (Å²) in [4.78, 5) is 42.0. The number of aliphatic imine (C=N–C) groups is 1. The second kappa shape index (κ2) is 8.56. The topological polar surface area (TPSA) is 78.8 Å². The van der Waals surface area contributed by atoms with Gasteiger partial charge in [0.15, 0.2) is 5.92 Å². The molecule has 1 aliphatic rings. The number of amides is 4. The molecule has 0 spiro atoms. The van der Waals surface area contributed by atoms with Crippen molar-refractivity contribution in [2.24, 2.45) is 10.9 Å². The standard InChI is InChI=1S/C21H20FN3O3/c1-14(7-8-15-5-3-2-4-6-15)23-13-18-19(26)24-21(28)25(20(18)27)17-11-9-16(22)10-12-17/h2-6,9-14,18H,7-8H2,1H3,(H,24,26,28)/t14-,18?/m1/s1. The number of nitrogens with zero attached hydrogens (tertiary/aromatic N) is 2. The number of aryl methyl sites for hydroxylation is 1. The van der Waals surface area contributed by atoms with Crippen molar-refractivity contribution in [2.45, 2.75) is 25.8 Å². The van der Waals surface area contributed by atoms with Crippen LogP contribution in [0.4, 0.5) is 14.9 Å². The first-order valence-corrected chi connectivity index (χ1v) is 8.97. The molecule has 0 aromatic heterocycles. The molecule has 3 rings (SSSR count). The summed E-state index contributed by atoms with van der Waals surface area (Å²) in [7, 11) is 0. The van der Waals surface area contributed by atoms with E-state index in [1.165, 1.54) is 23.9 Å². The molecule has 0 bridgehead atoms. The number of barbiturate groups is 1. The third-order valence-electron chi connectivity index (χ3n) is 4.47. The van der Waals surface area contributed by atoms with Gasteiger partial charge in [-0.05, 0) is 49.6 Å². The van der Waals surface area contributed by atoms with Crippen LogP contribution in [0.5, 0.6) is 0 Å². The van der Waals surface area contributed by atoms with E-state index in [-0.39, 0.29) is 11.7 Å². The average molecular weight is 381 g/mol. The fourth-order valence-electron chi connectivity index (χ4n) is 2.88. The van der Waals surface area contributed by atoms with E-state index in [0.717, 1.165) is 29.9 Å². The lowest BCUT2D eigenvalue weighted by molar-refractivity contribution is -0.131. The van der Waals surface area contributed by atoms with E-state index in [4.69, 9.17) is 0 Å². The molecule has 0 saturated carbocycles. The zero-order valence-corrected chi connectivity index (χ0v) is 15.3.